The maximum absolute atomic E-state index is 11.5. The summed E-state index contributed by atoms with van der Waals surface area (Å²) in [5, 5.41) is 3.44. The molecule has 0 aromatic heterocycles. The lowest BCUT2D eigenvalue weighted by Gasteiger charge is -2.06. The Morgan fingerprint density at radius 3 is 2.94 bits per heavy atom. The number of carbonyl (C=O) groups excluding carboxylic acids is 1. The van der Waals surface area contributed by atoms with Crippen LogP contribution < -0.4 is 11.1 Å². The van der Waals surface area contributed by atoms with Crippen LogP contribution in [0.25, 0.3) is 0 Å². The average molecular weight is 259 g/mol. The zero-order chi connectivity index (χ0) is 12.0. The Hall–Kier alpha value is -0.710. The summed E-state index contributed by atoms with van der Waals surface area (Å²) in [4.78, 5) is 11.5. The smallest absolute Gasteiger partial charge is 0.234 e. The van der Waals surface area contributed by atoms with Crippen LogP contribution in [0.5, 0.6) is 0 Å². The number of carbonyl (C=O) groups is 1. The number of benzene rings is 1. The SMILES string of the molecule is Cc1ccc(NC(=O)CSCCN)cc1Cl. The lowest BCUT2D eigenvalue weighted by atomic mass is 10.2. The second-order valence-corrected chi connectivity index (χ2v) is 4.87. The van der Waals surface area contributed by atoms with Crippen molar-refractivity contribution >= 4 is 35.0 Å². The van der Waals surface area contributed by atoms with Gasteiger partial charge in [0, 0.05) is 23.0 Å². The van der Waals surface area contributed by atoms with E-state index in [2.05, 4.69) is 5.32 Å². The molecule has 1 aromatic rings. The van der Waals surface area contributed by atoms with Gasteiger partial charge < -0.3 is 11.1 Å². The number of nitrogens with one attached hydrogen (secondary N) is 1. The van der Waals surface area contributed by atoms with Crippen molar-refractivity contribution in [1.82, 2.24) is 0 Å². The van der Waals surface area contributed by atoms with E-state index in [1.165, 1.54) is 11.8 Å². The van der Waals surface area contributed by atoms with E-state index < -0.39 is 0 Å². The Kier molecular flexibility index (Phi) is 5.66. The van der Waals surface area contributed by atoms with Gasteiger partial charge in [-0.05, 0) is 24.6 Å². The van der Waals surface area contributed by atoms with Gasteiger partial charge in [-0.2, -0.15) is 11.8 Å². The predicted molar refractivity (Wildman–Crippen MR) is 71.2 cm³/mol. The highest BCUT2D eigenvalue weighted by Crippen LogP contribution is 2.20. The molecular formula is C11H15ClN2OS. The van der Waals surface area contributed by atoms with Crippen molar-refractivity contribution in [3.05, 3.63) is 28.8 Å². The first-order chi connectivity index (χ1) is 7.63. The van der Waals surface area contributed by atoms with Gasteiger partial charge in [0.2, 0.25) is 5.91 Å². The molecule has 0 aliphatic carbocycles. The van der Waals surface area contributed by atoms with Crippen LogP contribution in [0.3, 0.4) is 0 Å². The highest BCUT2D eigenvalue weighted by Gasteiger charge is 2.03. The monoisotopic (exact) mass is 258 g/mol. The highest BCUT2D eigenvalue weighted by atomic mass is 35.5. The zero-order valence-electron chi connectivity index (χ0n) is 9.13. The first-order valence-corrected chi connectivity index (χ1v) is 6.50. The lowest BCUT2D eigenvalue weighted by Crippen LogP contribution is -2.15. The normalized spacial score (nSPS) is 10.2. The van der Waals surface area contributed by atoms with Crippen molar-refractivity contribution in [3.8, 4) is 0 Å². The van der Waals surface area contributed by atoms with Crippen molar-refractivity contribution in [2.75, 3.05) is 23.4 Å². The Morgan fingerprint density at radius 2 is 2.31 bits per heavy atom. The van der Waals surface area contributed by atoms with Gasteiger partial charge in [0.25, 0.3) is 0 Å². The summed E-state index contributed by atoms with van der Waals surface area (Å²) in [5.41, 5.74) is 7.06. The van der Waals surface area contributed by atoms with E-state index in [9.17, 15) is 4.79 Å². The number of halogens is 1. The Morgan fingerprint density at radius 1 is 1.56 bits per heavy atom. The summed E-state index contributed by atoms with van der Waals surface area (Å²) in [7, 11) is 0. The summed E-state index contributed by atoms with van der Waals surface area (Å²) in [5.74, 6) is 1.18. The van der Waals surface area contributed by atoms with Crippen molar-refractivity contribution in [2.24, 2.45) is 5.73 Å². The number of nitrogens with two attached hydrogens (primary N) is 1. The molecule has 0 unspecified atom stereocenters. The Bertz CT molecular complexity index is 371. The number of thioether (sulfide) groups is 1. The highest BCUT2D eigenvalue weighted by molar-refractivity contribution is 7.99. The Balaban J connectivity index is 2.46. The van der Waals surface area contributed by atoms with Gasteiger partial charge in [0.1, 0.15) is 0 Å². The summed E-state index contributed by atoms with van der Waals surface area (Å²) in [6.45, 7) is 2.51. The third-order valence-corrected chi connectivity index (χ3v) is 3.35. The number of hydrogen-bond acceptors (Lipinski definition) is 3. The molecule has 0 heterocycles. The minimum Gasteiger partial charge on any atom is -0.330 e. The molecule has 0 aliphatic rings. The van der Waals surface area contributed by atoms with Crippen LogP contribution in [0.4, 0.5) is 5.69 Å². The molecule has 0 fully saturated rings. The van der Waals surface area contributed by atoms with E-state index in [1.54, 1.807) is 6.07 Å². The van der Waals surface area contributed by atoms with E-state index in [-0.39, 0.29) is 5.91 Å². The standard InChI is InChI=1S/C11H15ClN2OS/c1-8-2-3-9(6-10(8)12)14-11(15)7-16-5-4-13/h2-3,6H,4-5,7,13H2,1H3,(H,14,15). The van der Waals surface area contributed by atoms with Gasteiger partial charge in [0.05, 0.1) is 5.75 Å². The number of hydrogen-bond donors (Lipinski definition) is 2. The molecule has 16 heavy (non-hydrogen) atoms. The fourth-order valence-corrected chi connectivity index (χ4v) is 1.86. The Labute approximate surface area is 105 Å². The van der Waals surface area contributed by atoms with Crippen LogP contribution in [0.15, 0.2) is 18.2 Å². The van der Waals surface area contributed by atoms with Gasteiger partial charge >= 0.3 is 0 Å². The number of aryl methyl sites for hydroxylation is 1. The molecule has 88 valence electrons. The molecule has 0 radical (unpaired) electrons. The maximum Gasteiger partial charge on any atom is 0.234 e. The predicted octanol–water partition coefficient (Wildman–Crippen LogP) is 2.28. The molecule has 1 amide bonds. The molecule has 0 spiro atoms. The minimum atomic E-state index is -0.0293. The second-order valence-electron chi connectivity index (χ2n) is 3.35. The number of anilines is 1. The van der Waals surface area contributed by atoms with Crippen LogP contribution in [-0.2, 0) is 4.79 Å². The van der Waals surface area contributed by atoms with E-state index in [4.69, 9.17) is 17.3 Å². The lowest BCUT2D eigenvalue weighted by molar-refractivity contribution is -0.113. The van der Waals surface area contributed by atoms with Gasteiger partial charge in [-0.3, -0.25) is 4.79 Å². The fraction of sp³-hybridized carbons (Fsp3) is 0.364. The molecular weight excluding hydrogens is 244 g/mol. The third-order valence-electron chi connectivity index (χ3n) is 1.95. The largest absolute Gasteiger partial charge is 0.330 e. The molecule has 3 N–H and O–H groups in total. The molecule has 1 rings (SSSR count). The zero-order valence-corrected chi connectivity index (χ0v) is 10.7. The van der Waals surface area contributed by atoms with Gasteiger partial charge in [-0.15, -0.1) is 0 Å². The van der Waals surface area contributed by atoms with Crippen molar-refractivity contribution in [2.45, 2.75) is 6.92 Å². The molecule has 3 nitrogen and oxygen atoms in total. The molecule has 0 aliphatic heterocycles. The van der Waals surface area contributed by atoms with Crippen molar-refractivity contribution in [3.63, 3.8) is 0 Å². The van der Waals surface area contributed by atoms with E-state index in [0.29, 0.717) is 17.3 Å². The van der Waals surface area contributed by atoms with Crippen LogP contribution >= 0.6 is 23.4 Å². The molecule has 1 aromatic carbocycles. The fourth-order valence-electron chi connectivity index (χ4n) is 1.12. The summed E-state index contributed by atoms with van der Waals surface area (Å²) in [6.07, 6.45) is 0. The summed E-state index contributed by atoms with van der Waals surface area (Å²) >= 11 is 7.47. The minimum absolute atomic E-state index is 0.0293. The quantitative estimate of drug-likeness (QED) is 0.797. The third kappa shape index (κ3) is 4.43. The van der Waals surface area contributed by atoms with E-state index in [1.807, 2.05) is 19.1 Å². The van der Waals surface area contributed by atoms with Crippen LogP contribution in [-0.4, -0.2) is 24.0 Å². The van der Waals surface area contributed by atoms with Crippen LogP contribution in [0.1, 0.15) is 5.56 Å². The van der Waals surface area contributed by atoms with E-state index >= 15 is 0 Å². The first kappa shape index (κ1) is 13.4. The molecule has 0 bridgehead atoms. The molecule has 0 atom stereocenters. The van der Waals surface area contributed by atoms with Crippen molar-refractivity contribution in [1.29, 1.82) is 0 Å². The summed E-state index contributed by atoms with van der Waals surface area (Å²) < 4.78 is 0. The number of amides is 1. The molecule has 0 saturated heterocycles. The van der Waals surface area contributed by atoms with Crippen molar-refractivity contribution < 1.29 is 4.79 Å². The van der Waals surface area contributed by atoms with Gasteiger partial charge in [0.15, 0.2) is 0 Å². The van der Waals surface area contributed by atoms with Gasteiger partial charge in [-0.1, -0.05) is 17.7 Å². The molecule has 0 saturated carbocycles. The summed E-state index contributed by atoms with van der Waals surface area (Å²) in [6, 6.07) is 5.47. The van der Waals surface area contributed by atoms with E-state index in [0.717, 1.165) is 17.0 Å². The first-order valence-electron chi connectivity index (χ1n) is 4.97. The second kappa shape index (κ2) is 6.78. The average Bonchev–Trinajstić information content (AvgIpc) is 2.24. The topological polar surface area (TPSA) is 55.1 Å². The van der Waals surface area contributed by atoms with Gasteiger partial charge in [-0.25, -0.2) is 0 Å². The molecule has 5 heteroatoms. The maximum atomic E-state index is 11.5. The number of rotatable bonds is 5. The van der Waals surface area contributed by atoms with Crippen LogP contribution in [0.2, 0.25) is 5.02 Å². The van der Waals surface area contributed by atoms with Crippen LogP contribution in [0, 0.1) is 6.92 Å².